The Balaban J connectivity index is 2.75. The van der Waals surface area contributed by atoms with Gasteiger partial charge in [-0.2, -0.15) is 0 Å². The molecule has 0 saturated heterocycles. The van der Waals surface area contributed by atoms with E-state index >= 15 is 0 Å². The van der Waals surface area contributed by atoms with Crippen LogP contribution in [0.3, 0.4) is 0 Å². The van der Waals surface area contributed by atoms with Crippen LogP contribution in [0.15, 0.2) is 24.3 Å². The van der Waals surface area contributed by atoms with Gasteiger partial charge in [0.25, 0.3) is 0 Å². The second kappa shape index (κ2) is 7.07. The molecule has 114 valence electrons. The second-order valence-corrected chi connectivity index (χ2v) is 14.2. The highest BCUT2D eigenvalue weighted by Gasteiger charge is 2.22. The molecule has 20 heavy (non-hydrogen) atoms. The van der Waals surface area contributed by atoms with E-state index in [1.54, 1.807) is 12.1 Å². The summed E-state index contributed by atoms with van der Waals surface area (Å²) in [4.78, 5) is 0. The third kappa shape index (κ3) is 6.39. The monoisotopic (exact) mass is 333 g/mol. The number of nitrogens with one attached hydrogen (secondary N) is 1. The number of halogens is 1. The van der Waals surface area contributed by atoms with E-state index in [4.69, 9.17) is 11.6 Å². The van der Waals surface area contributed by atoms with Gasteiger partial charge in [-0.05, 0) is 30.2 Å². The molecule has 0 saturated carbocycles. The van der Waals surface area contributed by atoms with Crippen molar-refractivity contribution in [2.45, 2.75) is 45.1 Å². The summed E-state index contributed by atoms with van der Waals surface area (Å²) < 4.78 is 27.1. The molecular formula is C14H24ClNO2SSi. The van der Waals surface area contributed by atoms with Crippen molar-refractivity contribution in [3.05, 3.63) is 34.9 Å². The molecule has 0 bridgehead atoms. The average Bonchev–Trinajstić information content (AvgIpc) is 2.34. The van der Waals surface area contributed by atoms with E-state index in [0.29, 0.717) is 11.4 Å². The van der Waals surface area contributed by atoms with Crippen molar-refractivity contribution in [2.24, 2.45) is 0 Å². The Morgan fingerprint density at radius 1 is 1.20 bits per heavy atom. The van der Waals surface area contributed by atoms with Crippen molar-refractivity contribution < 1.29 is 8.42 Å². The van der Waals surface area contributed by atoms with Gasteiger partial charge in [0.1, 0.15) is 0 Å². The van der Waals surface area contributed by atoms with E-state index in [-0.39, 0.29) is 11.8 Å². The Morgan fingerprint density at radius 3 is 2.20 bits per heavy atom. The minimum absolute atomic E-state index is 0.182. The van der Waals surface area contributed by atoms with Gasteiger partial charge >= 0.3 is 0 Å². The van der Waals surface area contributed by atoms with Gasteiger partial charge in [-0.25, -0.2) is 13.1 Å². The zero-order chi connectivity index (χ0) is 15.4. The molecule has 1 aromatic rings. The van der Waals surface area contributed by atoms with Gasteiger partial charge in [0.2, 0.25) is 10.0 Å². The van der Waals surface area contributed by atoms with Crippen LogP contribution in [-0.4, -0.2) is 22.2 Å². The maximum Gasteiger partial charge on any atom is 0.211 e. The van der Waals surface area contributed by atoms with Crippen LogP contribution in [0.2, 0.25) is 30.7 Å². The molecule has 0 aromatic heterocycles. The highest BCUT2D eigenvalue weighted by Crippen LogP contribution is 2.20. The number of rotatable bonds is 7. The first-order chi connectivity index (χ1) is 9.13. The summed E-state index contributed by atoms with van der Waals surface area (Å²) >= 11 is 5.86. The first kappa shape index (κ1) is 17.7. The SMILES string of the molecule is CC[C@H](NS(=O)(=O)CC[Si](C)(C)C)c1ccc(Cl)cc1. The fraction of sp³-hybridized carbons (Fsp3) is 0.571. The summed E-state index contributed by atoms with van der Waals surface area (Å²) in [6.45, 7) is 8.51. The second-order valence-electron chi connectivity index (χ2n) is 6.26. The van der Waals surface area contributed by atoms with Crippen LogP contribution < -0.4 is 4.72 Å². The van der Waals surface area contributed by atoms with Gasteiger partial charge in [0.15, 0.2) is 0 Å². The van der Waals surface area contributed by atoms with Gasteiger partial charge in [-0.1, -0.05) is 50.3 Å². The Kier molecular flexibility index (Phi) is 6.25. The standard InChI is InChI=1S/C14H24ClNO2SSi/c1-5-14(12-6-8-13(15)9-7-12)16-19(17,18)10-11-20(2,3)4/h6-9,14,16H,5,10-11H2,1-4H3/t14-/m0/s1. The summed E-state index contributed by atoms with van der Waals surface area (Å²) in [5.41, 5.74) is 0.952. The van der Waals surface area contributed by atoms with E-state index in [0.717, 1.165) is 11.6 Å². The average molecular weight is 334 g/mol. The predicted octanol–water partition coefficient (Wildman–Crippen LogP) is 4.05. The Bertz CT molecular complexity index is 523. The lowest BCUT2D eigenvalue weighted by molar-refractivity contribution is 0.551. The fourth-order valence-corrected chi connectivity index (χ4v) is 6.30. The van der Waals surface area contributed by atoms with Crippen LogP contribution in [0, 0.1) is 0 Å². The molecule has 0 amide bonds. The van der Waals surface area contributed by atoms with Crippen LogP contribution in [0.1, 0.15) is 24.9 Å². The molecule has 0 radical (unpaired) electrons. The molecule has 0 heterocycles. The van der Waals surface area contributed by atoms with Crippen molar-refractivity contribution in [1.82, 2.24) is 4.72 Å². The van der Waals surface area contributed by atoms with E-state index in [1.165, 1.54) is 0 Å². The molecule has 0 spiro atoms. The largest absolute Gasteiger partial charge is 0.212 e. The smallest absolute Gasteiger partial charge is 0.211 e. The number of hydrogen-bond donors (Lipinski definition) is 1. The molecule has 1 atom stereocenters. The van der Waals surface area contributed by atoms with Crippen LogP contribution in [0.25, 0.3) is 0 Å². The molecule has 0 aliphatic rings. The molecule has 6 heteroatoms. The van der Waals surface area contributed by atoms with Crippen molar-refractivity contribution in [2.75, 3.05) is 5.75 Å². The van der Waals surface area contributed by atoms with Crippen LogP contribution in [0.4, 0.5) is 0 Å². The van der Waals surface area contributed by atoms with Crippen LogP contribution >= 0.6 is 11.6 Å². The molecule has 1 aromatic carbocycles. The van der Waals surface area contributed by atoms with Gasteiger partial charge in [0.05, 0.1) is 5.75 Å². The molecule has 1 rings (SSSR count). The Hall–Kier alpha value is -0.363. The summed E-state index contributed by atoms with van der Waals surface area (Å²) in [6, 6.07) is 7.92. The lowest BCUT2D eigenvalue weighted by Gasteiger charge is -2.20. The normalized spacial score (nSPS) is 14.2. The van der Waals surface area contributed by atoms with Crippen LogP contribution in [0.5, 0.6) is 0 Å². The zero-order valence-corrected chi connectivity index (χ0v) is 15.2. The molecule has 0 fully saturated rings. The van der Waals surface area contributed by atoms with Gasteiger partial charge in [-0.3, -0.25) is 0 Å². The van der Waals surface area contributed by atoms with E-state index < -0.39 is 18.1 Å². The quantitative estimate of drug-likeness (QED) is 0.765. The zero-order valence-electron chi connectivity index (χ0n) is 12.6. The maximum absolute atomic E-state index is 12.2. The molecule has 3 nitrogen and oxygen atoms in total. The highest BCUT2D eigenvalue weighted by atomic mass is 35.5. The molecule has 1 N–H and O–H groups in total. The van der Waals surface area contributed by atoms with Crippen molar-refractivity contribution >= 4 is 29.7 Å². The first-order valence-corrected chi connectivity index (χ1v) is 12.6. The lowest BCUT2D eigenvalue weighted by Crippen LogP contribution is -2.33. The summed E-state index contributed by atoms with van der Waals surface area (Å²) in [5, 5.41) is 0.658. The number of hydrogen-bond acceptors (Lipinski definition) is 2. The third-order valence-corrected chi connectivity index (χ3v) is 6.87. The minimum atomic E-state index is -3.23. The van der Waals surface area contributed by atoms with E-state index in [1.807, 2.05) is 19.1 Å². The predicted molar refractivity (Wildman–Crippen MR) is 89.6 cm³/mol. The first-order valence-electron chi connectivity index (χ1n) is 6.88. The van der Waals surface area contributed by atoms with Gasteiger partial charge < -0.3 is 0 Å². The maximum atomic E-state index is 12.2. The summed E-state index contributed by atoms with van der Waals surface area (Å²) in [6.07, 6.45) is 0.716. The van der Waals surface area contributed by atoms with Gasteiger partial charge in [-0.15, -0.1) is 0 Å². The van der Waals surface area contributed by atoms with Crippen molar-refractivity contribution in [1.29, 1.82) is 0 Å². The van der Waals surface area contributed by atoms with Crippen LogP contribution in [-0.2, 0) is 10.0 Å². The summed E-state index contributed by atoms with van der Waals surface area (Å²) in [5.74, 6) is 0.215. The molecule has 0 unspecified atom stereocenters. The Labute approximate surface area is 128 Å². The van der Waals surface area contributed by atoms with E-state index in [2.05, 4.69) is 24.4 Å². The molecule has 0 aliphatic carbocycles. The van der Waals surface area contributed by atoms with E-state index in [9.17, 15) is 8.42 Å². The number of benzene rings is 1. The molecular weight excluding hydrogens is 310 g/mol. The van der Waals surface area contributed by atoms with Gasteiger partial charge in [0, 0.05) is 19.1 Å². The Morgan fingerprint density at radius 2 is 1.75 bits per heavy atom. The fourth-order valence-electron chi connectivity index (χ4n) is 1.80. The number of sulfonamides is 1. The summed E-state index contributed by atoms with van der Waals surface area (Å²) in [7, 11) is -4.58. The minimum Gasteiger partial charge on any atom is -0.212 e. The molecule has 0 aliphatic heterocycles. The van der Waals surface area contributed by atoms with Crippen molar-refractivity contribution in [3.8, 4) is 0 Å². The lowest BCUT2D eigenvalue weighted by atomic mass is 10.1. The topological polar surface area (TPSA) is 46.2 Å². The van der Waals surface area contributed by atoms with Crippen molar-refractivity contribution in [3.63, 3.8) is 0 Å². The highest BCUT2D eigenvalue weighted by molar-refractivity contribution is 7.89. The third-order valence-electron chi connectivity index (χ3n) is 3.12.